The molecule has 0 saturated heterocycles. The number of pyridine rings is 1. The summed E-state index contributed by atoms with van der Waals surface area (Å²) in [6.45, 7) is 4.02. The van der Waals surface area contributed by atoms with Gasteiger partial charge in [-0.2, -0.15) is 0 Å². The Morgan fingerprint density at radius 2 is 2.47 bits per heavy atom. The average molecular weight is 256 g/mol. The molecule has 2 amide bonds. The number of carbonyl (C=O) groups excluding carboxylic acids is 1. The lowest BCUT2D eigenvalue weighted by atomic mass is 10.4. The number of nitrogens with one attached hydrogen (secondary N) is 1. The number of aliphatic hydroxyl groups excluding tert-OH is 1. The van der Waals surface area contributed by atoms with E-state index in [2.05, 4.69) is 16.9 Å². The van der Waals surface area contributed by atoms with Crippen molar-refractivity contribution in [1.29, 1.82) is 0 Å². The Bertz CT molecular complexity index is 398. The zero-order valence-corrected chi connectivity index (χ0v) is 10.0. The topological polar surface area (TPSA) is 65.5 Å². The second-order valence-electron chi connectivity index (χ2n) is 3.23. The number of aliphatic hydroxyl groups is 1. The predicted molar refractivity (Wildman–Crippen MR) is 67.1 cm³/mol. The minimum Gasteiger partial charge on any atom is -0.395 e. The van der Waals surface area contributed by atoms with Gasteiger partial charge in [0.2, 0.25) is 0 Å². The van der Waals surface area contributed by atoms with Gasteiger partial charge < -0.3 is 15.3 Å². The summed E-state index contributed by atoms with van der Waals surface area (Å²) in [5, 5.41) is 11.7. The smallest absolute Gasteiger partial charge is 0.322 e. The molecule has 0 unspecified atom stereocenters. The van der Waals surface area contributed by atoms with Crippen LogP contribution in [0.15, 0.2) is 31.0 Å². The van der Waals surface area contributed by atoms with Gasteiger partial charge in [0.15, 0.2) is 5.15 Å². The van der Waals surface area contributed by atoms with Crippen LogP contribution in [0.1, 0.15) is 0 Å². The highest BCUT2D eigenvalue weighted by atomic mass is 35.5. The molecule has 0 bridgehead atoms. The predicted octanol–water partition coefficient (Wildman–Crippen LogP) is 1.75. The van der Waals surface area contributed by atoms with Gasteiger partial charge in [0.1, 0.15) is 0 Å². The third-order valence-corrected chi connectivity index (χ3v) is 2.31. The molecular weight excluding hydrogens is 242 g/mol. The molecule has 0 atom stereocenters. The van der Waals surface area contributed by atoms with E-state index in [1.807, 2.05) is 0 Å². The summed E-state index contributed by atoms with van der Waals surface area (Å²) < 4.78 is 0. The molecule has 0 aromatic carbocycles. The fourth-order valence-electron chi connectivity index (χ4n) is 1.23. The molecule has 0 radical (unpaired) electrons. The summed E-state index contributed by atoms with van der Waals surface area (Å²) in [5.74, 6) is 0. The molecule has 0 saturated carbocycles. The molecule has 0 aliphatic carbocycles. The number of hydrogen-bond acceptors (Lipinski definition) is 3. The van der Waals surface area contributed by atoms with Crippen molar-refractivity contribution in [2.45, 2.75) is 0 Å². The molecule has 0 spiro atoms. The van der Waals surface area contributed by atoms with Crippen molar-refractivity contribution < 1.29 is 9.90 Å². The number of aromatic nitrogens is 1. The maximum Gasteiger partial charge on any atom is 0.322 e. The van der Waals surface area contributed by atoms with Gasteiger partial charge in [-0.15, -0.1) is 6.58 Å². The van der Waals surface area contributed by atoms with Crippen molar-refractivity contribution in [2.24, 2.45) is 0 Å². The summed E-state index contributed by atoms with van der Waals surface area (Å²) in [6, 6.07) is 2.97. The van der Waals surface area contributed by atoms with Crippen molar-refractivity contribution in [2.75, 3.05) is 25.0 Å². The molecule has 17 heavy (non-hydrogen) atoms. The largest absolute Gasteiger partial charge is 0.395 e. The van der Waals surface area contributed by atoms with Gasteiger partial charge in [0.25, 0.3) is 0 Å². The zero-order valence-electron chi connectivity index (χ0n) is 9.27. The number of halogens is 1. The Kier molecular flexibility index (Phi) is 5.45. The molecule has 1 rings (SSSR count). The Hall–Kier alpha value is -1.59. The van der Waals surface area contributed by atoms with Gasteiger partial charge in [0, 0.05) is 19.3 Å². The van der Waals surface area contributed by atoms with Gasteiger partial charge in [-0.05, 0) is 12.1 Å². The second-order valence-corrected chi connectivity index (χ2v) is 3.59. The van der Waals surface area contributed by atoms with Crippen LogP contribution in [0, 0.1) is 0 Å². The number of anilines is 1. The van der Waals surface area contributed by atoms with Crippen molar-refractivity contribution in [3.8, 4) is 0 Å². The standard InChI is InChI=1S/C11H14ClN3O2/c1-2-6-15(7-8-16)11(17)14-9-4-3-5-13-10(9)12/h2-5,16H,1,6-8H2,(H,14,17). The minimum atomic E-state index is -0.353. The van der Waals surface area contributed by atoms with Gasteiger partial charge in [-0.1, -0.05) is 17.7 Å². The highest BCUT2D eigenvalue weighted by molar-refractivity contribution is 6.32. The first-order valence-electron chi connectivity index (χ1n) is 5.07. The first-order valence-corrected chi connectivity index (χ1v) is 5.45. The second kappa shape index (κ2) is 6.88. The summed E-state index contributed by atoms with van der Waals surface area (Å²) in [4.78, 5) is 17.1. The van der Waals surface area contributed by atoms with E-state index in [1.54, 1.807) is 18.2 Å². The molecule has 5 nitrogen and oxygen atoms in total. The number of nitrogens with zero attached hydrogens (tertiary/aromatic N) is 2. The molecule has 92 valence electrons. The van der Waals surface area contributed by atoms with Crippen LogP contribution in [-0.2, 0) is 0 Å². The van der Waals surface area contributed by atoms with Gasteiger partial charge in [-0.25, -0.2) is 9.78 Å². The molecular formula is C11H14ClN3O2. The maximum atomic E-state index is 11.8. The van der Waals surface area contributed by atoms with Crippen molar-refractivity contribution in [1.82, 2.24) is 9.88 Å². The lowest BCUT2D eigenvalue weighted by molar-refractivity contribution is 0.195. The van der Waals surface area contributed by atoms with Crippen LogP contribution in [0.2, 0.25) is 5.15 Å². The van der Waals surface area contributed by atoms with E-state index in [4.69, 9.17) is 16.7 Å². The first-order chi connectivity index (χ1) is 8.19. The SMILES string of the molecule is C=CCN(CCO)C(=O)Nc1cccnc1Cl. The van der Waals surface area contributed by atoms with E-state index in [9.17, 15) is 4.79 Å². The Balaban J connectivity index is 2.69. The monoisotopic (exact) mass is 255 g/mol. The van der Waals surface area contributed by atoms with E-state index in [-0.39, 0.29) is 24.3 Å². The quantitative estimate of drug-likeness (QED) is 0.622. The van der Waals surface area contributed by atoms with E-state index in [0.717, 1.165) is 0 Å². The number of hydrogen-bond donors (Lipinski definition) is 2. The number of amides is 2. The van der Waals surface area contributed by atoms with Crippen LogP contribution in [0.5, 0.6) is 0 Å². The van der Waals surface area contributed by atoms with Crippen LogP contribution in [0.25, 0.3) is 0 Å². The maximum absolute atomic E-state index is 11.8. The van der Waals surface area contributed by atoms with Crippen LogP contribution < -0.4 is 5.32 Å². The Labute approximate surface area is 105 Å². The highest BCUT2D eigenvalue weighted by Crippen LogP contribution is 2.17. The van der Waals surface area contributed by atoms with Gasteiger partial charge in [-0.3, -0.25) is 0 Å². The van der Waals surface area contributed by atoms with E-state index in [1.165, 1.54) is 11.1 Å². The molecule has 0 fully saturated rings. The third-order valence-electron chi connectivity index (χ3n) is 2.01. The average Bonchev–Trinajstić information content (AvgIpc) is 2.32. The highest BCUT2D eigenvalue weighted by Gasteiger charge is 2.12. The van der Waals surface area contributed by atoms with Crippen LogP contribution in [0.4, 0.5) is 10.5 Å². The van der Waals surface area contributed by atoms with Gasteiger partial charge in [0.05, 0.1) is 12.3 Å². The summed E-state index contributed by atoms with van der Waals surface area (Å²) >= 11 is 5.81. The van der Waals surface area contributed by atoms with Crippen molar-refractivity contribution in [3.63, 3.8) is 0 Å². The van der Waals surface area contributed by atoms with Crippen LogP contribution >= 0.6 is 11.6 Å². The van der Waals surface area contributed by atoms with Crippen molar-refractivity contribution in [3.05, 3.63) is 36.1 Å². The van der Waals surface area contributed by atoms with Crippen molar-refractivity contribution >= 4 is 23.3 Å². The molecule has 2 N–H and O–H groups in total. The lowest BCUT2D eigenvalue weighted by Crippen LogP contribution is -2.37. The number of rotatable bonds is 5. The lowest BCUT2D eigenvalue weighted by Gasteiger charge is -2.20. The van der Waals surface area contributed by atoms with E-state index >= 15 is 0 Å². The number of urea groups is 1. The molecule has 1 heterocycles. The Morgan fingerprint density at radius 3 is 3.06 bits per heavy atom. The molecule has 0 aliphatic heterocycles. The molecule has 0 aliphatic rings. The van der Waals surface area contributed by atoms with Crippen LogP contribution in [-0.4, -0.2) is 40.7 Å². The van der Waals surface area contributed by atoms with E-state index < -0.39 is 0 Å². The summed E-state index contributed by atoms with van der Waals surface area (Å²) in [6.07, 6.45) is 3.12. The van der Waals surface area contributed by atoms with Crippen LogP contribution in [0.3, 0.4) is 0 Å². The first kappa shape index (κ1) is 13.5. The normalized spacial score (nSPS) is 9.76. The summed E-state index contributed by atoms with van der Waals surface area (Å²) in [5.41, 5.74) is 0.436. The van der Waals surface area contributed by atoms with Gasteiger partial charge >= 0.3 is 6.03 Å². The fraction of sp³-hybridized carbons (Fsp3) is 0.273. The number of carbonyl (C=O) groups is 1. The summed E-state index contributed by atoms with van der Waals surface area (Å²) in [7, 11) is 0. The molecule has 1 aromatic rings. The van der Waals surface area contributed by atoms with E-state index in [0.29, 0.717) is 12.2 Å². The molecule has 6 heteroatoms. The minimum absolute atomic E-state index is 0.109. The fourth-order valence-corrected chi connectivity index (χ4v) is 1.39. The third kappa shape index (κ3) is 4.05. The zero-order chi connectivity index (χ0) is 12.7. The Morgan fingerprint density at radius 1 is 1.71 bits per heavy atom. The molecule has 1 aromatic heterocycles.